The van der Waals surface area contributed by atoms with Crippen molar-refractivity contribution in [2.45, 2.75) is 19.4 Å². The van der Waals surface area contributed by atoms with Gasteiger partial charge in [-0.3, -0.25) is 4.90 Å². The van der Waals surface area contributed by atoms with Gasteiger partial charge in [0.25, 0.3) is 0 Å². The predicted octanol–water partition coefficient (Wildman–Crippen LogP) is 3.50. The Kier molecular flexibility index (Phi) is 5.72. The van der Waals surface area contributed by atoms with Gasteiger partial charge in [0, 0.05) is 25.5 Å². The second kappa shape index (κ2) is 8.75. The van der Waals surface area contributed by atoms with Crippen LogP contribution in [0.4, 0.5) is 10.5 Å². The zero-order valence-corrected chi connectivity index (χ0v) is 15.8. The smallest absolute Gasteiger partial charge is 0.319 e. The molecule has 2 amide bonds. The molecule has 1 aromatic carbocycles. The first kappa shape index (κ1) is 18.3. The summed E-state index contributed by atoms with van der Waals surface area (Å²) in [5.41, 5.74) is 1.57. The number of likely N-dealkylation sites (tertiary alicyclic amines) is 1. The van der Waals surface area contributed by atoms with Crippen LogP contribution in [0, 0.1) is 5.92 Å². The lowest BCUT2D eigenvalue weighted by Crippen LogP contribution is -2.41. The van der Waals surface area contributed by atoms with E-state index in [4.69, 9.17) is 4.42 Å². The molecule has 2 N–H and O–H groups in total. The summed E-state index contributed by atoms with van der Waals surface area (Å²) < 4.78 is 7.19. The summed E-state index contributed by atoms with van der Waals surface area (Å²) in [4.78, 5) is 14.8. The molecule has 1 fully saturated rings. The molecule has 146 valence electrons. The Morgan fingerprint density at radius 2 is 2.14 bits per heavy atom. The molecule has 0 aliphatic carbocycles. The molecule has 2 aromatic heterocycles. The van der Waals surface area contributed by atoms with Crippen molar-refractivity contribution in [3.05, 3.63) is 66.9 Å². The maximum Gasteiger partial charge on any atom is 0.319 e. The molecule has 0 saturated carbocycles. The van der Waals surface area contributed by atoms with E-state index in [0.717, 1.165) is 49.6 Å². The van der Waals surface area contributed by atoms with Gasteiger partial charge in [0.05, 0.1) is 24.2 Å². The van der Waals surface area contributed by atoms with Gasteiger partial charge >= 0.3 is 6.03 Å². The van der Waals surface area contributed by atoms with E-state index in [9.17, 15) is 4.79 Å². The van der Waals surface area contributed by atoms with Gasteiger partial charge < -0.3 is 15.1 Å². The number of carbonyl (C=O) groups is 1. The van der Waals surface area contributed by atoms with Crippen LogP contribution in [0.25, 0.3) is 5.69 Å². The van der Waals surface area contributed by atoms with Crippen LogP contribution in [0.3, 0.4) is 0 Å². The largest absolute Gasteiger partial charge is 0.468 e. The summed E-state index contributed by atoms with van der Waals surface area (Å²) in [7, 11) is 0. The number of hydrogen-bond donors (Lipinski definition) is 2. The first-order chi connectivity index (χ1) is 13.8. The highest BCUT2D eigenvalue weighted by Gasteiger charge is 2.21. The second-order valence-corrected chi connectivity index (χ2v) is 7.13. The van der Waals surface area contributed by atoms with Crippen molar-refractivity contribution < 1.29 is 9.21 Å². The third-order valence-electron chi connectivity index (χ3n) is 5.02. The summed E-state index contributed by atoms with van der Waals surface area (Å²) in [6, 6.07) is 13.2. The lowest BCUT2D eigenvalue weighted by molar-refractivity contribution is 0.156. The molecule has 7 heteroatoms. The summed E-state index contributed by atoms with van der Waals surface area (Å²) in [5, 5.41) is 10.2. The van der Waals surface area contributed by atoms with Crippen LogP contribution >= 0.6 is 0 Å². The van der Waals surface area contributed by atoms with E-state index in [2.05, 4.69) is 20.6 Å². The number of hydrogen-bond acceptors (Lipinski definition) is 4. The Morgan fingerprint density at radius 3 is 2.96 bits per heavy atom. The van der Waals surface area contributed by atoms with Crippen molar-refractivity contribution in [2.75, 3.05) is 25.0 Å². The number of urea groups is 1. The van der Waals surface area contributed by atoms with Crippen LogP contribution < -0.4 is 10.6 Å². The van der Waals surface area contributed by atoms with Gasteiger partial charge in [0.1, 0.15) is 5.76 Å². The number of amides is 2. The molecule has 0 radical (unpaired) electrons. The van der Waals surface area contributed by atoms with Crippen molar-refractivity contribution in [1.82, 2.24) is 20.0 Å². The molecule has 3 heterocycles. The zero-order chi connectivity index (χ0) is 19.2. The van der Waals surface area contributed by atoms with Gasteiger partial charge in [-0.25, -0.2) is 9.48 Å². The Hall–Kier alpha value is -3.06. The SMILES string of the molecule is O=C(NCC1CCCN(Cc2ccco2)C1)Nc1ccccc1-n1cccn1. The minimum Gasteiger partial charge on any atom is -0.468 e. The standard InChI is InChI=1S/C21H25N5O2/c27-21(24-19-8-1-2-9-20(19)26-12-5-10-23-26)22-14-17-6-3-11-25(15-17)16-18-7-4-13-28-18/h1-2,4-5,7-10,12-13,17H,3,6,11,14-16H2,(H2,22,24,27). The number of piperidine rings is 1. The van der Waals surface area contributed by atoms with Gasteiger partial charge in [-0.1, -0.05) is 12.1 Å². The molecule has 1 unspecified atom stereocenters. The molecule has 28 heavy (non-hydrogen) atoms. The summed E-state index contributed by atoms with van der Waals surface area (Å²) in [6.45, 7) is 3.52. The molecule has 3 aromatic rings. The van der Waals surface area contributed by atoms with E-state index in [1.165, 1.54) is 0 Å². The lowest BCUT2D eigenvalue weighted by atomic mass is 9.98. The molecule has 1 atom stereocenters. The lowest BCUT2D eigenvalue weighted by Gasteiger charge is -2.32. The number of nitrogens with one attached hydrogen (secondary N) is 2. The molecule has 0 bridgehead atoms. The molecule has 4 rings (SSSR count). The van der Waals surface area contributed by atoms with Crippen LogP contribution in [0.2, 0.25) is 0 Å². The fraction of sp³-hybridized carbons (Fsp3) is 0.333. The first-order valence-corrected chi connectivity index (χ1v) is 9.66. The van der Waals surface area contributed by atoms with Crippen LogP contribution in [0.15, 0.2) is 65.5 Å². The Bertz CT molecular complexity index is 876. The minimum atomic E-state index is -0.192. The maximum absolute atomic E-state index is 12.4. The van der Waals surface area contributed by atoms with Crippen LogP contribution in [-0.2, 0) is 6.54 Å². The van der Waals surface area contributed by atoms with Crippen LogP contribution in [0.1, 0.15) is 18.6 Å². The van der Waals surface area contributed by atoms with E-state index in [-0.39, 0.29) is 6.03 Å². The number of rotatable bonds is 6. The van der Waals surface area contributed by atoms with Gasteiger partial charge in [-0.05, 0) is 55.6 Å². The van der Waals surface area contributed by atoms with Crippen LogP contribution in [-0.4, -0.2) is 40.3 Å². The summed E-state index contributed by atoms with van der Waals surface area (Å²) in [6.07, 6.45) is 7.54. The van der Waals surface area contributed by atoms with Gasteiger partial charge in [-0.15, -0.1) is 0 Å². The van der Waals surface area contributed by atoms with Crippen molar-refractivity contribution in [3.8, 4) is 5.69 Å². The Morgan fingerprint density at radius 1 is 1.21 bits per heavy atom. The van der Waals surface area contributed by atoms with Gasteiger partial charge in [-0.2, -0.15) is 5.10 Å². The monoisotopic (exact) mass is 379 g/mol. The van der Waals surface area contributed by atoms with Crippen LogP contribution in [0.5, 0.6) is 0 Å². The number of aromatic nitrogens is 2. The highest BCUT2D eigenvalue weighted by Crippen LogP contribution is 2.20. The number of furan rings is 1. The minimum absolute atomic E-state index is 0.192. The average molecular weight is 379 g/mol. The van der Waals surface area contributed by atoms with E-state index >= 15 is 0 Å². The van der Waals surface area contributed by atoms with E-state index in [1.54, 1.807) is 17.1 Å². The molecule has 0 spiro atoms. The van der Waals surface area contributed by atoms with Gasteiger partial charge in [0.2, 0.25) is 0 Å². The highest BCUT2D eigenvalue weighted by molar-refractivity contribution is 5.91. The van der Waals surface area contributed by atoms with Crippen molar-refractivity contribution in [3.63, 3.8) is 0 Å². The number of carbonyl (C=O) groups excluding carboxylic acids is 1. The second-order valence-electron chi connectivity index (χ2n) is 7.13. The first-order valence-electron chi connectivity index (χ1n) is 9.66. The summed E-state index contributed by atoms with van der Waals surface area (Å²) in [5.74, 6) is 1.43. The normalized spacial score (nSPS) is 17.4. The Labute approximate surface area is 164 Å². The topological polar surface area (TPSA) is 75.3 Å². The van der Waals surface area contributed by atoms with Crippen molar-refractivity contribution in [2.24, 2.45) is 5.92 Å². The summed E-state index contributed by atoms with van der Waals surface area (Å²) >= 11 is 0. The van der Waals surface area contributed by atoms with E-state index in [1.807, 2.05) is 48.7 Å². The van der Waals surface area contributed by atoms with Gasteiger partial charge in [0.15, 0.2) is 0 Å². The number of para-hydroxylation sites is 2. The predicted molar refractivity (Wildman–Crippen MR) is 107 cm³/mol. The third kappa shape index (κ3) is 4.61. The maximum atomic E-state index is 12.4. The quantitative estimate of drug-likeness (QED) is 0.687. The molecule has 1 saturated heterocycles. The average Bonchev–Trinajstić information content (AvgIpc) is 3.41. The van der Waals surface area contributed by atoms with Crippen molar-refractivity contribution in [1.29, 1.82) is 0 Å². The zero-order valence-electron chi connectivity index (χ0n) is 15.8. The van der Waals surface area contributed by atoms with E-state index < -0.39 is 0 Å². The number of nitrogens with zero attached hydrogens (tertiary/aromatic N) is 3. The fourth-order valence-electron chi connectivity index (χ4n) is 3.68. The fourth-order valence-corrected chi connectivity index (χ4v) is 3.68. The number of anilines is 1. The molecule has 7 nitrogen and oxygen atoms in total. The van der Waals surface area contributed by atoms with E-state index in [0.29, 0.717) is 12.5 Å². The third-order valence-corrected chi connectivity index (χ3v) is 5.02. The molecular weight excluding hydrogens is 354 g/mol. The number of benzene rings is 1. The molecular formula is C21H25N5O2. The molecule has 1 aliphatic heterocycles. The Balaban J connectivity index is 1.29. The molecule has 1 aliphatic rings. The van der Waals surface area contributed by atoms with Crippen molar-refractivity contribution >= 4 is 11.7 Å². The highest BCUT2D eigenvalue weighted by atomic mass is 16.3.